The molecule has 2 atom stereocenters. The van der Waals surface area contributed by atoms with Crippen molar-refractivity contribution < 1.29 is 4.74 Å². The molecule has 0 aromatic carbocycles. The average molecular weight is 141 g/mol. The van der Waals surface area contributed by atoms with E-state index in [1.807, 2.05) is 6.92 Å². The second-order valence-corrected chi connectivity index (χ2v) is 3.00. The second-order valence-electron chi connectivity index (χ2n) is 3.00. The largest absolute Gasteiger partial charge is 0.478 e. The Kier molecular flexibility index (Phi) is 2.30. The molecule has 0 aromatic heterocycles. The van der Waals surface area contributed by atoms with Crippen LogP contribution in [0.3, 0.4) is 0 Å². The standard InChI is InChI=1S/C8H15NO/c1-6-4-5-7(2)10-8(3)9-6/h6-7H,4-5H2,1-3H3. The Morgan fingerprint density at radius 3 is 2.80 bits per heavy atom. The van der Waals surface area contributed by atoms with Crippen LogP contribution < -0.4 is 0 Å². The molecule has 0 radical (unpaired) electrons. The highest BCUT2D eigenvalue weighted by Gasteiger charge is 2.11. The molecule has 58 valence electrons. The molecule has 0 amide bonds. The predicted molar refractivity (Wildman–Crippen MR) is 42.4 cm³/mol. The molecule has 0 saturated heterocycles. The van der Waals surface area contributed by atoms with Crippen molar-refractivity contribution >= 4 is 5.90 Å². The van der Waals surface area contributed by atoms with Crippen LogP contribution in [-0.2, 0) is 4.74 Å². The third-order valence-corrected chi connectivity index (χ3v) is 1.76. The normalized spacial score (nSPS) is 34.1. The first kappa shape index (κ1) is 7.58. The molecule has 0 aromatic rings. The van der Waals surface area contributed by atoms with E-state index in [0.29, 0.717) is 12.1 Å². The van der Waals surface area contributed by atoms with Crippen molar-refractivity contribution in [1.82, 2.24) is 0 Å². The quantitative estimate of drug-likeness (QED) is 0.505. The van der Waals surface area contributed by atoms with Crippen molar-refractivity contribution in [3.63, 3.8) is 0 Å². The van der Waals surface area contributed by atoms with Crippen molar-refractivity contribution in [2.45, 2.75) is 45.8 Å². The average Bonchev–Trinajstić information content (AvgIpc) is 1.93. The van der Waals surface area contributed by atoms with Crippen LogP contribution in [0.25, 0.3) is 0 Å². The van der Waals surface area contributed by atoms with E-state index in [0.717, 1.165) is 18.7 Å². The van der Waals surface area contributed by atoms with Crippen LogP contribution in [0.15, 0.2) is 4.99 Å². The first-order valence-electron chi connectivity index (χ1n) is 3.89. The van der Waals surface area contributed by atoms with Gasteiger partial charge in [-0.3, -0.25) is 4.99 Å². The molecule has 2 heteroatoms. The summed E-state index contributed by atoms with van der Waals surface area (Å²) in [5.41, 5.74) is 0. The number of aliphatic imine (C=N–C) groups is 1. The van der Waals surface area contributed by atoms with E-state index in [1.165, 1.54) is 0 Å². The van der Waals surface area contributed by atoms with Gasteiger partial charge in [-0.25, -0.2) is 0 Å². The molecule has 0 saturated carbocycles. The highest BCUT2D eigenvalue weighted by atomic mass is 16.5. The first-order valence-corrected chi connectivity index (χ1v) is 3.89. The Balaban J connectivity index is 2.55. The van der Waals surface area contributed by atoms with Gasteiger partial charge in [0.15, 0.2) is 5.90 Å². The Labute approximate surface area is 62.3 Å². The Hall–Kier alpha value is -0.530. The predicted octanol–water partition coefficient (Wildman–Crippen LogP) is 1.99. The molecule has 2 nitrogen and oxygen atoms in total. The fraction of sp³-hybridized carbons (Fsp3) is 0.875. The Bertz CT molecular complexity index is 142. The smallest absolute Gasteiger partial charge is 0.180 e. The fourth-order valence-corrected chi connectivity index (χ4v) is 1.23. The van der Waals surface area contributed by atoms with Crippen LogP contribution in [0.1, 0.15) is 33.6 Å². The summed E-state index contributed by atoms with van der Waals surface area (Å²) in [7, 11) is 0. The maximum absolute atomic E-state index is 5.43. The van der Waals surface area contributed by atoms with Gasteiger partial charge in [0.2, 0.25) is 0 Å². The van der Waals surface area contributed by atoms with Gasteiger partial charge in [-0.05, 0) is 26.7 Å². The van der Waals surface area contributed by atoms with E-state index in [9.17, 15) is 0 Å². The summed E-state index contributed by atoms with van der Waals surface area (Å²) in [5, 5.41) is 0. The zero-order valence-electron chi connectivity index (χ0n) is 6.92. The minimum absolute atomic E-state index is 0.355. The van der Waals surface area contributed by atoms with Crippen LogP contribution in [0.4, 0.5) is 0 Å². The summed E-state index contributed by atoms with van der Waals surface area (Å²) < 4.78 is 5.43. The van der Waals surface area contributed by atoms with Gasteiger partial charge in [0.05, 0.1) is 12.1 Å². The minimum atomic E-state index is 0.355. The summed E-state index contributed by atoms with van der Waals surface area (Å²) in [5.74, 6) is 0.845. The van der Waals surface area contributed by atoms with Gasteiger partial charge in [0, 0.05) is 6.92 Å². The molecule has 10 heavy (non-hydrogen) atoms. The van der Waals surface area contributed by atoms with Gasteiger partial charge in [-0.1, -0.05) is 0 Å². The molecule has 0 bridgehead atoms. The maximum atomic E-state index is 5.43. The molecule has 1 aliphatic rings. The van der Waals surface area contributed by atoms with E-state index in [-0.39, 0.29) is 0 Å². The van der Waals surface area contributed by atoms with E-state index < -0.39 is 0 Å². The monoisotopic (exact) mass is 141 g/mol. The molecule has 1 aliphatic heterocycles. The van der Waals surface area contributed by atoms with Gasteiger partial charge in [0.1, 0.15) is 0 Å². The van der Waals surface area contributed by atoms with E-state index in [1.54, 1.807) is 0 Å². The molecule has 0 aliphatic carbocycles. The van der Waals surface area contributed by atoms with Crippen LogP contribution in [-0.4, -0.2) is 18.0 Å². The van der Waals surface area contributed by atoms with Crippen LogP contribution in [0.2, 0.25) is 0 Å². The van der Waals surface area contributed by atoms with Crippen LogP contribution in [0.5, 0.6) is 0 Å². The lowest BCUT2D eigenvalue weighted by molar-refractivity contribution is 0.200. The van der Waals surface area contributed by atoms with E-state index in [4.69, 9.17) is 4.74 Å². The van der Waals surface area contributed by atoms with E-state index >= 15 is 0 Å². The summed E-state index contributed by atoms with van der Waals surface area (Å²) in [6.45, 7) is 6.15. The number of hydrogen-bond acceptors (Lipinski definition) is 2. The third-order valence-electron chi connectivity index (χ3n) is 1.76. The lowest BCUT2D eigenvalue weighted by Gasteiger charge is -2.08. The number of nitrogens with zero attached hydrogens (tertiary/aromatic N) is 1. The zero-order valence-corrected chi connectivity index (χ0v) is 6.92. The van der Waals surface area contributed by atoms with Gasteiger partial charge < -0.3 is 4.74 Å². The first-order chi connectivity index (χ1) is 4.68. The summed E-state index contributed by atoms with van der Waals surface area (Å²) in [6, 6.07) is 0.449. The summed E-state index contributed by atoms with van der Waals surface area (Å²) in [6.07, 6.45) is 2.63. The SMILES string of the molecule is CC1=NC(C)CCC(C)O1. The number of ether oxygens (including phenoxy) is 1. The van der Waals surface area contributed by atoms with Gasteiger partial charge in [0.25, 0.3) is 0 Å². The molecule has 1 rings (SSSR count). The van der Waals surface area contributed by atoms with Crippen molar-refractivity contribution in [1.29, 1.82) is 0 Å². The van der Waals surface area contributed by atoms with Crippen molar-refractivity contribution in [3.8, 4) is 0 Å². The van der Waals surface area contributed by atoms with Crippen LogP contribution in [0, 0.1) is 0 Å². The van der Waals surface area contributed by atoms with Crippen molar-refractivity contribution in [3.05, 3.63) is 0 Å². The van der Waals surface area contributed by atoms with Gasteiger partial charge in [-0.15, -0.1) is 0 Å². The lowest BCUT2D eigenvalue weighted by atomic mass is 10.1. The Morgan fingerprint density at radius 2 is 2.10 bits per heavy atom. The molecule has 2 unspecified atom stereocenters. The summed E-state index contributed by atoms with van der Waals surface area (Å²) in [4.78, 5) is 4.32. The van der Waals surface area contributed by atoms with Gasteiger partial charge >= 0.3 is 0 Å². The molecular weight excluding hydrogens is 126 g/mol. The molecule has 0 N–H and O–H groups in total. The third kappa shape index (κ3) is 2.01. The van der Waals surface area contributed by atoms with Crippen molar-refractivity contribution in [2.24, 2.45) is 4.99 Å². The zero-order chi connectivity index (χ0) is 7.56. The minimum Gasteiger partial charge on any atom is -0.478 e. The Morgan fingerprint density at radius 1 is 1.40 bits per heavy atom. The highest BCUT2D eigenvalue weighted by molar-refractivity contribution is 5.73. The molecule has 0 spiro atoms. The summed E-state index contributed by atoms with van der Waals surface area (Å²) >= 11 is 0. The molecule has 1 heterocycles. The number of rotatable bonds is 0. The molecular formula is C8H15NO. The highest BCUT2D eigenvalue weighted by Crippen LogP contribution is 2.12. The topological polar surface area (TPSA) is 21.6 Å². The second kappa shape index (κ2) is 3.04. The van der Waals surface area contributed by atoms with E-state index in [2.05, 4.69) is 18.8 Å². The number of hydrogen-bond donors (Lipinski definition) is 0. The molecule has 0 fully saturated rings. The maximum Gasteiger partial charge on any atom is 0.180 e. The lowest BCUT2D eigenvalue weighted by Crippen LogP contribution is -2.09. The van der Waals surface area contributed by atoms with Crippen molar-refractivity contribution in [2.75, 3.05) is 0 Å². The van der Waals surface area contributed by atoms with Gasteiger partial charge in [-0.2, -0.15) is 0 Å². The fourth-order valence-electron chi connectivity index (χ4n) is 1.23. The van der Waals surface area contributed by atoms with Crippen LogP contribution >= 0.6 is 0 Å².